The smallest absolute Gasteiger partial charge is 0.338 e. The van der Waals surface area contributed by atoms with Crippen LogP contribution < -0.4 is 0 Å². The second kappa shape index (κ2) is 7.65. The van der Waals surface area contributed by atoms with E-state index >= 15 is 0 Å². The highest BCUT2D eigenvalue weighted by atomic mass is 32.1. The predicted octanol–water partition coefficient (Wildman–Crippen LogP) is 3.77. The summed E-state index contributed by atoms with van der Waals surface area (Å²) in [6, 6.07) is 14.4. The zero-order valence-electron chi connectivity index (χ0n) is 12.9. The molecular formula is C18H16O4S. The van der Waals surface area contributed by atoms with Gasteiger partial charge < -0.3 is 9.47 Å². The number of carbonyl (C=O) groups excluding carboxylic acids is 2. The van der Waals surface area contributed by atoms with Crippen LogP contribution in [0.25, 0.3) is 11.1 Å². The van der Waals surface area contributed by atoms with E-state index in [4.69, 9.17) is 21.7 Å². The summed E-state index contributed by atoms with van der Waals surface area (Å²) < 4.78 is 10.0. The summed E-state index contributed by atoms with van der Waals surface area (Å²) >= 11 is 5.11. The lowest BCUT2D eigenvalue weighted by Gasteiger charge is -2.12. The van der Waals surface area contributed by atoms with Gasteiger partial charge in [-0.1, -0.05) is 30.3 Å². The van der Waals surface area contributed by atoms with Gasteiger partial charge in [-0.3, -0.25) is 4.79 Å². The summed E-state index contributed by atoms with van der Waals surface area (Å²) in [5.41, 5.74) is 2.52. The molecule has 2 rings (SSSR count). The quantitative estimate of drug-likeness (QED) is 0.632. The van der Waals surface area contributed by atoms with E-state index < -0.39 is 11.9 Å². The number of thiocarbonyl (C=S) groups is 1. The van der Waals surface area contributed by atoms with Crippen LogP contribution in [0, 0.1) is 0 Å². The Bertz CT molecular complexity index is 738. The van der Waals surface area contributed by atoms with E-state index in [1.807, 2.05) is 30.3 Å². The van der Waals surface area contributed by atoms with Crippen LogP contribution in [0.1, 0.15) is 29.8 Å². The molecule has 0 saturated carbocycles. The monoisotopic (exact) mass is 328 g/mol. The molecule has 0 aliphatic rings. The lowest BCUT2D eigenvalue weighted by atomic mass is 9.97. The number of carbonyl (C=O) groups is 2. The van der Waals surface area contributed by atoms with E-state index in [9.17, 15) is 9.59 Å². The molecule has 0 amide bonds. The Morgan fingerprint density at radius 1 is 1.09 bits per heavy atom. The van der Waals surface area contributed by atoms with E-state index in [0.717, 1.165) is 5.56 Å². The molecule has 0 aromatic heterocycles. The summed E-state index contributed by atoms with van der Waals surface area (Å²) in [4.78, 5) is 23.2. The lowest BCUT2D eigenvalue weighted by Crippen LogP contribution is -2.11. The molecular weight excluding hydrogens is 312 g/mol. The van der Waals surface area contributed by atoms with Gasteiger partial charge in [-0.05, 0) is 48.5 Å². The fourth-order valence-corrected chi connectivity index (χ4v) is 2.35. The van der Waals surface area contributed by atoms with E-state index in [2.05, 4.69) is 0 Å². The molecule has 2 aromatic carbocycles. The second-order valence-corrected chi connectivity index (χ2v) is 5.10. The van der Waals surface area contributed by atoms with Crippen molar-refractivity contribution in [2.24, 2.45) is 0 Å². The standard InChI is InChI=1S/C18H16O4S/c1-3-21-17(20)15-10-9-14(18(23)22-12(2)19)11-16(15)13-7-5-4-6-8-13/h4-11H,3H2,1-2H3. The Labute approximate surface area is 140 Å². The van der Waals surface area contributed by atoms with Crippen LogP contribution in [-0.4, -0.2) is 23.6 Å². The molecule has 0 saturated heterocycles. The molecule has 23 heavy (non-hydrogen) atoms. The molecule has 4 nitrogen and oxygen atoms in total. The minimum absolute atomic E-state index is 0.0742. The molecule has 0 aliphatic carbocycles. The van der Waals surface area contributed by atoms with Crippen LogP contribution in [0.2, 0.25) is 0 Å². The van der Waals surface area contributed by atoms with Crippen LogP contribution >= 0.6 is 12.2 Å². The Morgan fingerprint density at radius 3 is 2.39 bits per heavy atom. The van der Waals surface area contributed by atoms with Gasteiger partial charge in [0.15, 0.2) is 0 Å². The van der Waals surface area contributed by atoms with Crippen molar-refractivity contribution in [3.05, 3.63) is 59.7 Å². The summed E-state index contributed by atoms with van der Waals surface area (Å²) in [5.74, 6) is -0.887. The van der Waals surface area contributed by atoms with E-state index in [1.54, 1.807) is 25.1 Å². The zero-order valence-corrected chi connectivity index (χ0v) is 13.7. The van der Waals surface area contributed by atoms with Crippen LogP contribution in [0.3, 0.4) is 0 Å². The minimum Gasteiger partial charge on any atom is -0.462 e. The Kier molecular flexibility index (Phi) is 5.60. The molecule has 0 unspecified atom stereocenters. The van der Waals surface area contributed by atoms with Gasteiger partial charge in [-0.25, -0.2) is 4.79 Å². The summed E-state index contributed by atoms with van der Waals surface area (Å²) in [6.45, 7) is 3.34. The van der Waals surface area contributed by atoms with Crippen molar-refractivity contribution in [3.8, 4) is 11.1 Å². The van der Waals surface area contributed by atoms with Gasteiger partial charge in [-0.15, -0.1) is 0 Å². The number of esters is 2. The van der Waals surface area contributed by atoms with Crippen molar-refractivity contribution in [3.63, 3.8) is 0 Å². The number of ether oxygens (including phenoxy) is 2. The fourth-order valence-electron chi connectivity index (χ4n) is 2.10. The van der Waals surface area contributed by atoms with Crippen LogP contribution in [-0.2, 0) is 14.3 Å². The molecule has 0 fully saturated rings. The van der Waals surface area contributed by atoms with Crippen molar-refractivity contribution >= 4 is 29.2 Å². The predicted molar refractivity (Wildman–Crippen MR) is 91.3 cm³/mol. The zero-order chi connectivity index (χ0) is 16.8. The molecule has 0 atom stereocenters. The molecule has 0 spiro atoms. The number of rotatable bonds is 4. The van der Waals surface area contributed by atoms with Gasteiger partial charge in [0.2, 0.25) is 5.05 Å². The summed E-state index contributed by atoms with van der Waals surface area (Å²) in [5, 5.41) is 0.0742. The second-order valence-electron chi connectivity index (χ2n) is 4.73. The highest BCUT2D eigenvalue weighted by Gasteiger charge is 2.16. The number of benzene rings is 2. The van der Waals surface area contributed by atoms with Crippen molar-refractivity contribution in [2.75, 3.05) is 6.61 Å². The van der Waals surface area contributed by atoms with E-state index in [-0.39, 0.29) is 5.05 Å². The topological polar surface area (TPSA) is 52.6 Å². The molecule has 0 aliphatic heterocycles. The van der Waals surface area contributed by atoms with Crippen molar-refractivity contribution < 1.29 is 19.1 Å². The first-order valence-corrected chi connectivity index (χ1v) is 7.53. The maximum atomic E-state index is 12.2. The fraction of sp³-hybridized carbons (Fsp3) is 0.167. The lowest BCUT2D eigenvalue weighted by molar-refractivity contribution is -0.132. The largest absolute Gasteiger partial charge is 0.462 e. The average molecular weight is 328 g/mol. The van der Waals surface area contributed by atoms with E-state index in [0.29, 0.717) is 23.3 Å². The molecule has 0 N–H and O–H groups in total. The van der Waals surface area contributed by atoms with Crippen LogP contribution in [0.4, 0.5) is 0 Å². The first-order chi connectivity index (χ1) is 11.0. The Balaban J connectivity index is 2.51. The third-order valence-electron chi connectivity index (χ3n) is 3.07. The number of hydrogen-bond acceptors (Lipinski definition) is 5. The first-order valence-electron chi connectivity index (χ1n) is 7.12. The maximum absolute atomic E-state index is 12.2. The van der Waals surface area contributed by atoms with Gasteiger partial charge in [0.05, 0.1) is 12.2 Å². The van der Waals surface area contributed by atoms with Crippen LogP contribution in [0.15, 0.2) is 48.5 Å². The van der Waals surface area contributed by atoms with Crippen molar-refractivity contribution in [1.29, 1.82) is 0 Å². The molecule has 5 heteroatoms. The third kappa shape index (κ3) is 4.23. The maximum Gasteiger partial charge on any atom is 0.338 e. The normalized spacial score (nSPS) is 10.0. The SMILES string of the molecule is CCOC(=O)c1ccc(C(=S)OC(C)=O)cc1-c1ccccc1. The molecule has 0 radical (unpaired) electrons. The van der Waals surface area contributed by atoms with Gasteiger partial charge in [0.1, 0.15) is 0 Å². The molecule has 0 heterocycles. The average Bonchev–Trinajstić information content (AvgIpc) is 2.54. The third-order valence-corrected chi connectivity index (χ3v) is 3.39. The molecule has 2 aromatic rings. The van der Waals surface area contributed by atoms with Gasteiger partial charge in [0.25, 0.3) is 0 Å². The van der Waals surface area contributed by atoms with E-state index in [1.165, 1.54) is 6.92 Å². The van der Waals surface area contributed by atoms with Crippen molar-refractivity contribution in [2.45, 2.75) is 13.8 Å². The summed E-state index contributed by atoms with van der Waals surface area (Å²) in [6.07, 6.45) is 0. The summed E-state index contributed by atoms with van der Waals surface area (Å²) in [7, 11) is 0. The van der Waals surface area contributed by atoms with Crippen LogP contribution in [0.5, 0.6) is 0 Å². The van der Waals surface area contributed by atoms with Crippen molar-refractivity contribution in [1.82, 2.24) is 0 Å². The van der Waals surface area contributed by atoms with Gasteiger partial charge >= 0.3 is 11.9 Å². The van der Waals surface area contributed by atoms with Gasteiger partial charge in [-0.2, -0.15) is 0 Å². The molecule has 118 valence electrons. The Morgan fingerprint density at radius 2 is 1.78 bits per heavy atom. The minimum atomic E-state index is -0.481. The number of hydrogen-bond donors (Lipinski definition) is 0. The first kappa shape index (κ1) is 16.8. The van der Waals surface area contributed by atoms with Gasteiger partial charge in [0, 0.05) is 12.5 Å². The Hall–Kier alpha value is -2.53. The highest BCUT2D eigenvalue weighted by Crippen LogP contribution is 2.26. The molecule has 0 bridgehead atoms. The highest BCUT2D eigenvalue weighted by molar-refractivity contribution is 7.80.